The fraction of sp³-hybridized carbons (Fsp3) is 0.714. The first-order valence-electron chi connectivity index (χ1n) is 3.56. The first kappa shape index (κ1) is 8.20. The largest absolute Gasteiger partial charge is 0.390 e. The molecular formula is C7H13N3O. The third-order valence-electron chi connectivity index (χ3n) is 1.39. The summed E-state index contributed by atoms with van der Waals surface area (Å²) in [5.74, 6) is 0. The summed E-state index contributed by atoms with van der Waals surface area (Å²) < 4.78 is 1.73. The van der Waals surface area contributed by atoms with E-state index in [4.69, 9.17) is 5.11 Å². The van der Waals surface area contributed by atoms with Crippen molar-refractivity contribution >= 4 is 0 Å². The minimum absolute atomic E-state index is 0.0456. The summed E-state index contributed by atoms with van der Waals surface area (Å²) in [5.41, 5.74) is 0.556. The lowest BCUT2D eigenvalue weighted by molar-refractivity contribution is 0.276. The van der Waals surface area contributed by atoms with E-state index in [9.17, 15) is 0 Å². The van der Waals surface area contributed by atoms with E-state index in [1.54, 1.807) is 10.9 Å². The molecule has 0 aromatic carbocycles. The normalized spacial score (nSPS) is 12.0. The first-order chi connectivity index (χ1) is 5.04. The highest BCUT2D eigenvalue weighted by atomic mass is 16.3. The Morgan fingerprint density at radius 3 is 2.45 bits per heavy atom. The van der Waals surface area contributed by atoms with Gasteiger partial charge in [-0.05, 0) is 20.8 Å². The molecule has 0 atom stereocenters. The topological polar surface area (TPSA) is 50.9 Å². The van der Waals surface area contributed by atoms with E-state index in [0.29, 0.717) is 5.69 Å². The molecule has 0 fully saturated rings. The molecule has 0 saturated heterocycles. The monoisotopic (exact) mass is 155 g/mol. The van der Waals surface area contributed by atoms with Crippen molar-refractivity contribution in [3.8, 4) is 0 Å². The van der Waals surface area contributed by atoms with E-state index in [0.717, 1.165) is 0 Å². The SMILES string of the molecule is CC(C)(C)n1cc(CO)nn1. The summed E-state index contributed by atoms with van der Waals surface area (Å²) in [7, 11) is 0. The van der Waals surface area contributed by atoms with E-state index in [-0.39, 0.29) is 12.1 Å². The van der Waals surface area contributed by atoms with Crippen molar-refractivity contribution in [2.24, 2.45) is 0 Å². The van der Waals surface area contributed by atoms with Crippen LogP contribution in [0.4, 0.5) is 0 Å². The average Bonchev–Trinajstić information content (AvgIpc) is 2.32. The van der Waals surface area contributed by atoms with Crippen LogP contribution in [0, 0.1) is 0 Å². The van der Waals surface area contributed by atoms with Crippen LogP contribution in [0.15, 0.2) is 6.20 Å². The van der Waals surface area contributed by atoms with Crippen molar-refractivity contribution in [2.45, 2.75) is 32.9 Å². The smallest absolute Gasteiger partial charge is 0.108 e. The molecule has 0 aliphatic carbocycles. The predicted octanol–water partition coefficient (Wildman–Crippen LogP) is 0.525. The number of aliphatic hydroxyl groups is 1. The highest BCUT2D eigenvalue weighted by molar-refractivity contribution is 4.91. The minimum atomic E-state index is -0.0551. The standard InChI is InChI=1S/C7H13N3O/c1-7(2,3)10-4-6(5-11)8-9-10/h4,11H,5H2,1-3H3. The quantitative estimate of drug-likeness (QED) is 0.643. The van der Waals surface area contributed by atoms with Gasteiger partial charge in [-0.15, -0.1) is 5.10 Å². The molecular weight excluding hydrogens is 142 g/mol. The Morgan fingerprint density at radius 2 is 2.18 bits per heavy atom. The molecule has 0 radical (unpaired) electrons. The molecule has 0 aliphatic rings. The zero-order valence-corrected chi connectivity index (χ0v) is 7.07. The van der Waals surface area contributed by atoms with Gasteiger partial charge in [0.1, 0.15) is 5.69 Å². The third kappa shape index (κ3) is 1.77. The number of hydrogen-bond acceptors (Lipinski definition) is 3. The molecule has 1 rings (SSSR count). The van der Waals surface area contributed by atoms with Gasteiger partial charge in [0.2, 0.25) is 0 Å². The molecule has 4 heteroatoms. The molecule has 62 valence electrons. The molecule has 0 unspecified atom stereocenters. The first-order valence-corrected chi connectivity index (χ1v) is 3.56. The molecule has 1 aromatic rings. The van der Waals surface area contributed by atoms with Crippen LogP contribution in [-0.2, 0) is 12.1 Å². The molecule has 0 bridgehead atoms. The summed E-state index contributed by atoms with van der Waals surface area (Å²) in [4.78, 5) is 0. The molecule has 0 aliphatic heterocycles. The van der Waals surface area contributed by atoms with Gasteiger partial charge in [0.05, 0.1) is 18.3 Å². The Bertz CT molecular complexity index is 236. The van der Waals surface area contributed by atoms with Gasteiger partial charge in [-0.3, -0.25) is 0 Å². The van der Waals surface area contributed by atoms with Crippen molar-refractivity contribution in [1.29, 1.82) is 0 Å². The van der Waals surface area contributed by atoms with Crippen LogP contribution < -0.4 is 0 Å². The zero-order valence-electron chi connectivity index (χ0n) is 7.07. The highest BCUT2D eigenvalue weighted by Crippen LogP contribution is 2.11. The van der Waals surface area contributed by atoms with Gasteiger partial charge in [-0.25, -0.2) is 4.68 Å². The van der Waals surface area contributed by atoms with Crippen molar-refractivity contribution in [2.75, 3.05) is 0 Å². The summed E-state index contributed by atoms with van der Waals surface area (Å²) in [6.07, 6.45) is 1.75. The number of rotatable bonds is 1. The third-order valence-corrected chi connectivity index (χ3v) is 1.39. The molecule has 11 heavy (non-hydrogen) atoms. The second-order valence-electron chi connectivity index (χ2n) is 3.48. The van der Waals surface area contributed by atoms with Gasteiger partial charge in [-0.2, -0.15) is 0 Å². The van der Waals surface area contributed by atoms with E-state index < -0.39 is 0 Å². The van der Waals surface area contributed by atoms with Gasteiger partial charge >= 0.3 is 0 Å². The molecule has 0 spiro atoms. The number of aliphatic hydroxyl groups excluding tert-OH is 1. The lowest BCUT2D eigenvalue weighted by atomic mass is 10.1. The minimum Gasteiger partial charge on any atom is -0.390 e. The summed E-state index contributed by atoms with van der Waals surface area (Å²) in [6.45, 7) is 6.05. The number of nitrogens with zero attached hydrogens (tertiary/aromatic N) is 3. The lowest BCUT2D eigenvalue weighted by Gasteiger charge is -2.17. The van der Waals surface area contributed by atoms with Crippen molar-refractivity contribution in [1.82, 2.24) is 15.0 Å². The fourth-order valence-corrected chi connectivity index (χ4v) is 0.699. The van der Waals surface area contributed by atoms with Crippen LogP contribution in [0.1, 0.15) is 26.5 Å². The number of hydrogen-bond donors (Lipinski definition) is 1. The van der Waals surface area contributed by atoms with Crippen LogP contribution >= 0.6 is 0 Å². The summed E-state index contributed by atoms with van der Waals surface area (Å²) in [5, 5.41) is 16.3. The van der Waals surface area contributed by atoms with E-state index >= 15 is 0 Å². The second-order valence-corrected chi connectivity index (χ2v) is 3.48. The van der Waals surface area contributed by atoms with Gasteiger partial charge in [0.25, 0.3) is 0 Å². The van der Waals surface area contributed by atoms with Crippen LogP contribution in [0.2, 0.25) is 0 Å². The average molecular weight is 155 g/mol. The van der Waals surface area contributed by atoms with Crippen molar-refractivity contribution < 1.29 is 5.11 Å². The van der Waals surface area contributed by atoms with Crippen molar-refractivity contribution in [3.05, 3.63) is 11.9 Å². The van der Waals surface area contributed by atoms with Crippen LogP contribution in [-0.4, -0.2) is 20.1 Å². The van der Waals surface area contributed by atoms with Crippen LogP contribution in [0.25, 0.3) is 0 Å². The Balaban J connectivity index is 2.89. The van der Waals surface area contributed by atoms with Gasteiger partial charge in [0, 0.05) is 0 Å². The van der Waals surface area contributed by atoms with Crippen molar-refractivity contribution in [3.63, 3.8) is 0 Å². The predicted molar refractivity (Wildman–Crippen MR) is 40.9 cm³/mol. The maximum atomic E-state index is 8.70. The Hall–Kier alpha value is -0.900. The Labute approximate surface area is 65.8 Å². The highest BCUT2D eigenvalue weighted by Gasteiger charge is 2.14. The lowest BCUT2D eigenvalue weighted by Crippen LogP contribution is -2.22. The van der Waals surface area contributed by atoms with Gasteiger partial charge in [-0.1, -0.05) is 5.21 Å². The van der Waals surface area contributed by atoms with Crippen LogP contribution in [0.5, 0.6) is 0 Å². The van der Waals surface area contributed by atoms with E-state index in [2.05, 4.69) is 10.3 Å². The zero-order chi connectivity index (χ0) is 8.48. The molecule has 4 nitrogen and oxygen atoms in total. The fourth-order valence-electron chi connectivity index (χ4n) is 0.699. The molecule has 1 N–H and O–H groups in total. The van der Waals surface area contributed by atoms with Gasteiger partial charge < -0.3 is 5.11 Å². The van der Waals surface area contributed by atoms with E-state index in [1.807, 2.05) is 20.8 Å². The maximum Gasteiger partial charge on any atom is 0.108 e. The molecule has 0 saturated carbocycles. The summed E-state index contributed by atoms with van der Waals surface area (Å²) >= 11 is 0. The number of aromatic nitrogens is 3. The summed E-state index contributed by atoms with van der Waals surface area (Å²) in [6, 6.07) is 0. The Kier molecular flexibility index (Phi) is 1.95. The Morgan fingerprint density at radius 1 is 1.55 bits per heavy atom. The molecule has 1 heterocycles. The van der Waals surface area contributed by atoms with Crippen LogP contribution in [0.3, 0.4) is 0 Å². The van der Waals surface area contributed by atoms with E-state index in [1.165, 1.54) is 0 Å². The molecule has 1 aromatic heterocycles. The second kappa shape index (κ2) is 2.62. The maximum absolute atomic E-state index is 8.70. The molecule has 0 amide bonds. The van der Waals surface area contributed by atoms with Gasteiger partial charge in [0.15, 0.2) is 0 Å².